The first-order valence-corrected chi connectivity index (χ1v) is 6.40. The van der Waals surface area contributed by atoms with Gasteiger partial charge in [-0.05, 0) is 29.8 Å². The maximum Gasteiger partial charge on any atom is 0.417 e. The van der Waals surface area contributed by atoms with Gasteiger partial charge in [0.1, 0.15) is 0 Å². The SMILES string of the molecule is O=C(/C=C/c1cccc(Cl)c1)c1ccccc1C(F)(F)F. The van der Waals surface area contributed by atoms with E-state index in [-0.39, 0.29) is 5.56 Å². The summed E-state index contributed by atoms with van der Waals surface area (Å²) in [5.74, 6) is -0.706. The molecule has 0 saturated heterocycles. The molecule has 0 saturated carbocycles. The highest BCUT2D eigenvalue weighted by Crippen LogP contribution is 2.32. The molecule has 2 aromatic rings. The number of carbonyl (C=O) groups is 1. The van der Waals surface area contributed by atoms with Crippen molar-refractivity contribution in [3.05, 3.63) is 76.3 Å². The van der Waals surface area contributed by atoms with E-state index in [1.165, 1.54) is 18.2 Å². The highest BCUT2D eigenvalue weighted by molar-refractivity contribution is 6.30. The van der Waals surface area contributed by atoms with Gasteiger partial charge in [0.05, 0.1) is 5.56 Å². The van der Waals surface area contributed by atoms with Crippen molar-refractivity contribution in [3.8, 4) is 0 Å². The van der Waals surface area contributed by atoms with Crippen molar-refractivity contribution >= 4 is 23.5 Å². The van der Waals surface area contributed by atoms with Crippen LogP contribution in [0.4, 0.5) is 13.2 Å². The van der Waals surface area contributed by atoms with Gasteiger partial charge in [0.2, 0.25) is 0 Å². The molecular formula is C16H10ClF3O. The van der Waals surface area contributed by atoms with E-state index in [4.69, 9.17) is 11.6 Å². The summed E-state index contributed by atoms with van der Waals surface area (Å²) in [7, 11) is 0. The number of alkyl halides is 3. The zero-order chi connectivity index (χ0) is 15.5. The molecule has 0 aliphatic carbocycles. The highest BCUT2D eigenvalue weighted by atomic mass is 35.5. The Balaban J connectivity index is 2.29. The molecule has 2 aromatic carbocycles. The Bertz CT molecular complexity index is 690. The van der Waals surface area contributed by atoms with Gasteiger partial charge >= 0.3 is 6.18 Å². The van der Waals surface area contributed by atoms with Gasteiger partial charge in [-0.2, -0.15) is 13.2 Å². The molecule has 5 heteroatoms. The summed E-state index contributed by atoms with van der Waals surface area (Å²) < 4.78 is 38.5. The van der Waals surface area contributed by atoms with E-state index in [1.54, 1.807) is 24.3 Å². The largest absolute Gasteiger partial charge is 0.417 e. The third-order valence-corrected chi connectivity index (χ3v) is 3.01. The number of carbonyl (C=O) groups excluding carboxylic acids is 1. The van der Waals surface area contributed by atoms with Crippen LogP contribution in [0.5, 0.6) is 0 Å². The minimum Gasteiger partial charge on any atom is -0.289 e. The molecule has 0 aliphatic rings. The van der Waals surface area contributed by atoms with Crippen LogP contribution in [0.3, 0.4) is 0 Å². The van der Waals surface area contributed by atoms with Crippen molar-refractivity contribution < 1.29 is 18.0 Å². The topological polar surface area (TPSA) is 17.1 Å². The lowest BCUT2D eigenvalue weighted by molar-refractivity contribution is -0.137. The van der Waals surface area contributed by atoms with E-state index in [0.717, 1.165) is 18.2 Å². The zero-order valence-corrected chi connectivity index (χ0v) is 11.4. The molecule has 0 aliphatic heterocycles. The van der Waals surface area contributed by atoms with E-state index < -0.39 is 17.5 Å². The number of hydrogen-bond acceptors (Lipinski definition) is 1. The minimum absolute atomic E-state index is 0.372. The second kappa shape index (κ2) is 6.14. The van der Waals surface area contributed by atoms with Crippen LogP contribution in [0.2, 0.25) is 5.02 Å². The number of benzene rings is 2. The highest BCUT2D eigenvalue weighted by Gasteiger charge is 2.34. The lowest BCUT2D eigenvalue weighted by atomic mass is 10.0. The summed E-state index contributed by atoms with van der Waals surface area (Å²) in [6.07, 6.45) is -2.02. The first kappa shape index (κ1) is 15.3. The van der Waals surface area contributed by atoms with Gasteiger partial charge in [-0.15, -0.1) is 0 Å². The number of rotatable bonds is 3. The van der Waals surface area contributed by atoms with Crippen LogP contribution in [0, 0.1) is 0 Å². The molecule has 1 nitrogen and oxygen atoms in total. The summed E-state index contributed by atoms with van der Waals surface area (Å²) in [5.41, 5.74) is -0.672. The lowest BCUT2D eigenvalue weighted by Gasteiger charge is -2.10. The number of allylic oxidation sites excluding steroid dienone is 1. The fourth-order valence-corrected chi connectivity index (χ4v) is 2.02. The quantitative estimate of drug-likeness (QED) is 0.558. The van der Waals surface area contributed by atoms with Gasteiger partial charge in [0, 0.05) is 10.6 Å². The number of ketones is 1. The van der Waals surface area contributed by atoms with Crippen LogP contribution in [0.15, 0.2) is 54.6 Å². The zero-order valence-electron chi connectivity index (χ0n) is 10.7. The first-order valence-electron chi connectivity index (χ1n) is 6.02. The van der Waals surface area contributed by atoms with Gasteiger partial charge in [-0.25, -0.2) is 0 Å². The Kier molecular flexibility index (Phi) is 4.48. The molecule has 0 amide bonds. The van der Waals surface area contributed by atoms with Gasteiger partial charge in [-0.1, -0.05) is 48.0 Å². The maximum atomic E-state index is 12.8. The van der Waals surface area contributed by atoms with E-state index in [2.05, 4.69) is 0 Å². The Morgan fingerprint density at radius 1 is 1.05 bits per heavy atom. The molecule has 0 atom stereocenters. The molecule has 0 heterocycles. The maximum absolute atomic E-state index is 12.8. The summed E-state index contributed by atoms with van der Waals surface area (Å²) in [6.45, 7) is 0. The van der Waals surface area contributed by atoms with Gasteiger partial charge in [-0.3, -0.25) is 4.79 Å². The lowest BCUT2D eigenvalue weighted by Crippen LogP contribution is -2.11. The summed E-state index contributed by atoms with van der Waals surface area (Å²) in [4.78, 5) is 12.0. The van der Waals surface area contributed by atoms with E-state index in [0.29, 0.717) is 10.6 Å². The summed E-state index contributed by atoms with van der Waals surface area (Å²) >= 11 is 5.79. The third kappa shape index (κ3) is 3.95. The smallest absolute Gasteiger partial charge is 0.289 e. The van der Waals surface area contributed by atoms with Crippen LogP contribution in [0.25, 0.3) is 6.08 Å². The van der Waals surface area contributed by atoms with E-state index in [1.807, 2.05) is 0 Å². The molecule has 108 valence electrons. The third-order valence-electron chi connectivity index (χ3n) is 2.77. The Labute approximate surface area is 124 Å². The number of halogens is 4. The van der Waals surface area contributed by atoms with Crippen LogP contribution in [-0.2, 0) is 6.18 Å². The minimum atomic E-state index is -4.56. The molecule has 2 rings (SSSR count). The Morgan fingerprint density at radius 2 is 1.76 bits per heavy atom. The van der Waals surface area contributed by atoms with Gasteiger partial charge < -0.3 is 0 Å². The second-order valence-electron chi connectivity index (χ2n) is 4.30. The molecule has 21 heavy (non-hydrogen) atoms. The van der Waals surface area contributed by atoms with Crippen molar-refractivity contribution in [2.24, 2.45) is 0 Å². The normalized spacial score (nSPS) is 11.8. The molecule has 0 bridgehead atoms. The molecule has 0 aromatic heterocycles. The van der Waals surface area contributed by atoms with Crippen molar-refractivity contribution in [3.63, 3.8) is 0 Å². The van der Waals surface area contributed by atoms with Crippen molar-refractivity contribution in [1.29, 1.82) is 0 Å². The van der Waals surface area contributed by atoms with Crippen LogP contribution < -0.4 is 0 Å². The fourth-order valence-electron chi connectivity index (χ4n) is 1.82. The van der Waals surface area contributed by atoms with Crippen molar-refractivity contribution in [1.82, 2.24) is 0 Å². The predicted molar refractivity (Wildman–Crippen MR) is 76.3 cm³/mol. The summed E-state index contributed by atoms with van der Waals surface area (Å²) in [6, 6.07) is 11.4. The van der Waals surface area contributed by atoms with Gasteiger partial charge in [0.15, 0.2) is 5.78 Å². The van der Waals surface area contributed by atoms with E-state index in [9.17, 15) is 18.0 Å². The molecule has 0 N–H and O–H groups in total. The number of hydrogen-bond donors (Lipinski definition) is 0. The fraction of sp³-hybridized carbons (Fsp3) is 0.0625. The molecular weight excluding hydrogens is 301 g/mol. The van der Waals surface area contributed by atoms with Crippen molar-refractivity contribution in [2.75, 3.05) is 0 Å². The monoisotopic (exact) mass is 310 g/mol. The van der Waals surface area contributed by atoms with Crippen LogP contribution in [0.1, 0.15) is 21.5 Å². The molecule has 0 spiro atoms. The Morgan fingerprint density at radius 3 is 2.43 bits per heavy atom. The van der Waals surface area contributed by atoms with E-state index >= 15 is 0 Å². The predicted octanol–water partition coefficient (Wildman–Crippen LogP) is 5.25. The summed E-state index contributed by atoms with van der Waals surface area (Å²) in [5, 5.41) is 0.486. The van der Waals surface area contributed by atoms with Crippen LogP contribution >= 0.6 is 11.6 Å². The second-order valence-corrected chi connectivity index (χ2v) is 4.73. The Hall–Kier alpha value is -2.07. The molecule has 0 fully saturated rings. The average molecular weight is 311 g/mol. The van der Waals surface area contributed by atoms with Gasteiger partial charge in [0.25, 0.3) is 0 Å². The average Bonchev–Trinajstić information content (AvgIpc) is 2.44. The standard InChI is InChI=1S/C16H10ClF3O/c17-12-5-3-4-11(10-12)8-9-15(21)13-6-1-2-7-14(13)16(18,19)20/h1-10H/b9-8+. The van der Waals surface area contributed by atoms with Crippen molar-refractivity contribution in [2.45, 2.75) is 6.18 Å². The molecule has 0 radical (unpaired) electrons. The molecule has 0 unspecified atom stereocenters. The first-order chi connectivity index (χ1) is 9.88. The van der Waals surface area contributed by atoms with Crippen LogP contribution in [-0.4, -0.2) is 5.78 Å².